The fourth-order valence-corrected chi connectivity index (χ4v) is 3.26. The lowest BCUT2D eigenvalue weighted by Crippen LogP contribution is -2.20. The summed E-state index contributed by atoms with van der Waals surface area (Å²) < 4.78 is 2.33. The van der Waals surface area contributed by atoms with E-state index in [0.29, 0.717) is 11.7 Å². The molecule has 2 aromatic rings. The van der Waals surface area contributed by atoms with Gasteiger partial charge in [0, 0.05) is 23.0 Å². The molecule has 0 amide bonds. The van der Waals surface area contributed by atoms with Gasteiger partial charge in [-0.05, 0) is 59.8 Å². The Hall–Kier alpha value is -1.16. The minimum absolute atomic E-state index is 0.299. The number of rotatable bonds is 6. The van der Waals surface area contributed by atoms with Crippen molar-refractivity contribution in [3.8, 4) is 5.75 Å². The summed E-state index contributed by atoms with van der Waals surface area (Å²) in [6, 6.07) is 15.3. The van der Waals surface area contributed by atoms with Gasteiger partial charge in [0.25, 0.3) is 0 Å². The van der Waals surface area contributed by atoms with Crippen LogP contribution in [0.15, 0.2) is 53.4 Å². The Balaban J connectivity index is 2.06. The van der Waals surface area contributed by atoms with Gasteiger partial charge < -0.3 is 5.11 Å². The van der Waals surface area contributed by atoms with Crippen LogP contribution in [-0.2, 0) is 6.54 Å². The molecule has 1 N–H and O–H groups in total. The minimum Gasteiger partial charge on any atom is -0.508 e. The molecule has 0 heterocycles. The second-order valence-electron chi connectivity index (χ2n) is 5.43. The van der Waals surface area contributed by atoms with Crippen molar-refractivity contribution in [3.05, 3.63) is 59.1 Å². The first-order chi connectivity index (χ1) is 10.0. The highest BCUT2D eigenvalue weighted by Gasteiger charge is 2.10. The summed E-state index contributed by atoms with van der Waals surface area (Å²) in [5.74, 6) is 0.884. The van der Waals surface area contributed by atoms with Gasteiger partial charge in [-0.2, -0.15) is 0 Å². The summed E-state index contributed by atoms with van der Waals surface area (Å²) in [4.78, 5) is 1.13. The molecule has 0 radical (unpaired) electrons. The normalized spacial score (nSPS) is 11.3. The summed E-state index contributed by atoms with van der Waals surface area (Å²) in [6.45, 7) is 6.29. The highest BCUT2D eigenvalue weighted by Crippen LogP contribution is 2.27. The zero-order chi connectivity index (χ0) is 15.2. The third-order valence-corrected chi connectivity index (χ3v) is 4.18. The minimum atomic E-state index is 0.299. The summed E-state index contributed by atoms with van der Waals surface area (Å²) in [5.41, 5.74) is 1.24. The molecule has 0 saturated carbocycles. The molecule has 112 valence electrons. The molecule has 2 rings (SSSR count). The van der Waals surface area contributed by atoms with E-state index in [1.165, 1.54) is 5.56 Å². The Morgan fingerprint density at radius 3 is 2.24 bits per heavy atom. The predicted octanol–water partition coefficient (Wildman–Crippen LogP) is 5.21. The lowest BCUT2D eigenvalue weighted by atomic mass is 10.2. The van der Waals surface area contributed by atoms with Crippen LogP contribution in [0.3, 0.4) is 0 Å². The highest BCUT2D eigenvalue weighted by atomic mass is 35.5. The number of phenols is 1. The molecule has 0 saturated heterocycles. The maximum Gasteiger partial charge on any atom is 0.115 e. The lowest BCUT2D eigenvalue weighted by Gasteiger charge is -2.23. The number of hydrogen-bond donors (Lipinski definition) is 1. The maximum atomic E-state index is 9.36. The third-order valence-electron chi connectivity index (χ3n) is 2.91. The molecule has 2 nitrogen and oxygen atoms in total. The topological polar surface area (TPSA) is 23.5 Å². The molecule has 0 aromatic heterocycles. The van der Waals surface area contributed by atoms with Crippen LogP contribution in [0.25, 0.3) is 0 Å². The van der Waals surface area contributed by atoms with E-state index in [2.05, 4.69) is 30.3 Å². The van der Waals surface area contributed by atoms with Gasteiger partial charge >= 0.3 is 0 Å². The van der Waals surface area contributed by atoms with Gasteiger partial charge in [-0.1, -0.05) is 37.6 Å². The van der Waals surface area contributed by atoms with Crippen LogP contribution >= 0.6 is 23.5 Å². The summed E-state index contributed by atoms with van der Waals surface area (Å²) in [5, 5.41) is 10.1. The van der Waals surface area contributed by atoms with Crippen molar-refractivity contribution < 1.29 is 5.11 Å². The first-order valence-electron chi connectivity index (χ1n) is 6.99. The van der Waals surface area contributed by atoms with Crippen molar-refractivity contribution in [1.82, 2.24) is 4.31 Å². The van der Waals surface area contributed by atoms with Crippen LogP contribution in [0, 0.1) is 5.92 Å². The van der Waals surface area contributed by atoms with Crippen LogP contribution in [0.4, 0.5) is 0 Å². The van der Waals surface area contributed by atoms with E-state index in [9.17, 15) is 5.11 Å². The Morgan fingerprint density at radius 2 is 1.67 bits per heavy atom. The van der Waals surface area contributed by atoms with Crippen molar-refractivity contribution >= 4 is 23.5 Å². The second kappa shape index (κ2) is 7.74. The first kappa shape index (κ1) is 16.2. The lowest BCUT2D eigenvalue weighted by molar-refractivity contribution is 0.402. The Kier molecular flexibility index (Phi) is 5.97. The van der Waals surface area contributed by atoms with Crippen molar-refractivity contribution in [3.63, 3.8) is 0 Å². The second-order valence-corrected chi connectivity index (χ2v) is 7.03. The number of phenolic OH excluding ortho intramolecular Hbond substituents is 1. The standard InChI is InChI=1S/C17H20ClNOS/c1-13(2)11-19(12-14-3-5-15(18)6-4-14)21-17-9-7-16(20)8-10-17/h3-10,13,20H,11-12H2,1-2H3. The van der Waals surface area contributed by atoms with Crippen LogP contribution in [0.1, 0.15) is 19.4 Å². The molecule has 0 fully saturated rings. The van der Waals surface area contributed by atoms with Crippen LogP contribution in [0.2, 0.25) is 5.02 Å². The number of hydrogen-bond acceptors (Lipinski definition) is 3. The fraction of sp³-hybridized carbons (Fsp3) is 0.294. The number of nitrogens with zero attached hydrogens (tertiary/aromatic N) is 1. The molecule has 4 heteroatoms. The van der Waals surface area contributed by atoms with Gasteiger partial charge in [-0.15, -0.1) is 0 Å². The number of aromatic hydroxyl groups is 1. The van der Waals surface area contributed by atoms with Gasteiger partial charge in [0.1, 0.15) is 5.75 Å². The van der Waals surface area contributed by atoms with Gasteiger partial charge in [-0.3, -0.25) is 0 Å². The van der Waals surface area contributed by atoms with Gasteiger partial charge in [0.15, 0.2) is 0 Å². The third kappa shape index (κ3) is 5.62. The van der Waals surface area contributed by atoms with Crippen LogP contribution in [0.5, 0.6) is 5.75 Å². The maximum absolute atomic E-state index is 9.36. The van der Waals surface area contributed by atoms with E-state index in [4.69, 9.17) is 11.6 Å². The molecule has 0 spiro atoms. The smallest absolute Gasteiger partial charge is 0.115 e. The van der Waals surface area contributed by atoms with E-state index < -0.39 is 0 Å². The van der Waals surface area contributed by atoms with Gasteiger partial charge in [-0.25, -0.2) is 4.31 Å². The largest absolute Gasteiger partial charge is 0.508 e. The summed E-state index contributed by atoms with van der Waals surface area (Å²) in [6.07, 6.45) is 0. The monoisotopic (exact) mass is 321 g/mol. The summed E-state index contributed by atoms with van der Waals surface area (Å²) >= 11 is 7.65. The number of benzene rings is 2. The van der Waals surface area contributed by atoms with Crippen LogP contribution in [-0.4, -0.2) is 16.0 Å². The molecular weight excluding hydrogens is 302 g/mol. The van der Waals surface area contributed by atoms with E-state index in [1.807, 2.05) is 24.3 Å². The fourth-order valence-electron chi connectivity index (χ4n) is 1.99. The SMILES string of the molecule is CC(C)CN(Cc1ccc(Cl)cc1)Sc1ccc(O)cc1. The zero-order valence-corrected chi connectivity index (χ0v) is 13.9. The average molecular weight is 322 g/mol. The highest BCUT2D eigenvalue weighted by molar-refractivity contribution is 7.97. The molecule has 0 bridgehead atoms. The zero-order valence-electron chi connectivity index (χ0n) is 12.3. The van der Waals surface area contributed by atoms with Crippen molar-refractivity contribution in [1.29, 1.82) is 0 Å². The summed E-state index contributed by atoms with van der Waals surface area (Å²) in [7, 11) is 0. The Labute approximate surface area is 135 Å². The Morgan fingerprint density at radius 1 is 1.05 bits per heavy atom. The molecule has 0 aliphatic heterocycles. The van der Waals surface area contributed by atoms with Crippen LogP contribution < -0.4 is 0 Å². The molecule has 0 aliphatic carbocycles. The average Bonchev–Trinajstić information content (AvgIpc) is 2.43. The molecule has 0 unspecified atom stereocenters. The Bertz CT molecular complexity index is 507. The quantitative estimate of drug-likeness (QED) is 0.739. The van der Waals surface area contributed by atoms with Gasteiger partial charge in [0.2, 0.25) is 0 Å². The van der Waals surface area contributed by atoms with Gasteiger partial charge in [0.05, 0.1) is 0 Å². The van der Waals surface area contributed by atoms with E-state index in [0.717, 1.165) is 23.0 Å². The van der Waals surface area contributed by atoms with E-state index in [1.54, 1.807) is 24.1 Å². The van der Waals surface area contributed by atoms with E-state index >= 15 is 0 Å². The number of halogens is 1. The molecule has 0 aliphatic rings. The van der Waals surface area contributed by atoms with E-state index in [-0.39, 0.29) is 0 Å². The van der Waals surface area contributed by atoms with Crippen molar-refractivity contribution in [2.24, 2.45) is 5.92 Å². The first-order valence-corrected chi connectivity index (χ1v) is 8.14. The molecular formula is C17H20ClNOS. The molecule has 21 heavy (non-hydrogen) atoms. The predicted molar refractivity (Wildman–Crippen MR) is 90.7 cm³/mol. The van der Waals surface area contributed by atoms with Crippen molar-refractivity contribution in [2.45, 2.75) is 25.3 Å². The molecule has 0 atom stereocenters. The van der Waals surface area contributed by atoms with Crippen molar-refractivity contribution in [2.75, 3.05) is 6.54 Å². The molecule has 2 aromatic carbocycles.